The van der Waals surface area contributed by atoms with Crippen LogP contribution in [-0.4, -0.2) is 28.4 Å². The molecular formula is C22H16ClFN4O3S. The third-order valence-electron chi connectivity index (χ3n) is 4.35. The van der Waals surface area contributed by atoms with E-state index in [9.17, 15) is 14.0 Å². The molecule has 0 bridgehead atoms. The van der Waals surface area contributed by atoms with Gasteiger partial charge in [-0.2, -0.15) is 0 Å². The van der Waals surface area contributed by atoms with Crippen molar-refractivity contribution in [3.63, 3.8) is 0 Å². The van der Waals surface area contributed by atoms with E-state index in [1.54, 1.807) is 35.8 Å². The lowest BCUT2D eigenvalue weighted by Gasteiger charge is -2.09. The van der Waals surface area contributed by atoms with Crippen LogP contribution in [0.2, 0.25) is 5.02 Å². The van der Waals surface area contributed by atoms with Crippen LogP contribution in [0.3, 0.4) is 0 Å². The van der Waals surface area contributed by atoms with Gasteiger partial charge >= 0.3 is 0 Å². The summed E-state index contributed by atoms with van der Waals surface area (Å²) in [6.45, 7) is 1.08. The normalized spacial score (nSPS) is 10.7. The Bertz CT molecular complexity index is 1330. The Kier molecular flexibility index (Phi) is 6.29. The average Bonchev–Trinajstić information content (AvgIpc) is 3.21. The lowest BCUT2D eigenvalue weighted by atomic mass is 10.1. The lowest BCUT2D eigenvalue weighted by Crippen LogP contribution is -2.20. The van der Waals surface area contributed by atoms with Gasteiger partial charge in [0.2, 0.25) is 5.91 Å². The summed E-state index contributed by atoms with van der Waals surface area (Å²) >= 11 is 7.32. The summed E-state index contributed by atoms with van der Waals surface area (Å²) in [7, 11) is 0. The second kappa shape index (κ2) is 9.29. The fraction of sp³-hybridized carbons (Fsp3) is 0.0909. The fourth-order valence-electron chi connectivity index (χ4n) is 2.99. The first-order valence-corrected chi connectivity index (χ1v) is 10.7. The van der Waals surface area contributed by atoms with Crippen molar-refractivity contribution in [3.05, 3.63) is 64.9 Å². The largest absolute Gasteiger partial charge is 0.481 e. The zero-order valence-corrected chi connectivity index (χ0v) is 18.3. The minimum atomic E-state index is -0.537. The molecule has 4 rings (SSSR count). The molecule has 0 radical (unpaired) electrons. The van der Waals surface area contributed by atoms with Gasteiger partial charge in [-0.05, 0) is 42.5 Å². The Balaban J connectivity index is 1.42. The smallest absolute Gasteiger partial charge is 0.264 e. The van der Waals surface area contributed by atoms with E-state index in [0.29, 0.717) is 32.8 Å². The first kappa shape index (κ1) is 21.7. The molecule has 10 heteroatoms. The van der Waals surface area contributed by atoms with Crippen LogP contribution in [-0.2, 0) is 9.59 Å². The molecule has 2 heterocycles. The molecule has 0 aliphatic carbocycles. The molecule has 7 nitrogen and oxygen atoms in total. The van der Waals surface area contributed by atoms with Crippen LogP contribution in [0.4, 0.5) is 15.2 Å². The number of nitrogens with zero attached hydrogens (tertiary/aromatic N) is 2. The minimum Gasteiger partial charge on any atom is -0.481 e. The first-order valence-electron chi connectivity index (χ1n) is 9.39. The van der Waals surface area contributed by atoms with E-state index in [1.165, 1.54) is 19.1 Å². The number of fused-ring (bicyclic) bond motifs is 1. The number of ether oxygens (including phenoxy) is 1. The van der Waals surface area contributed by atoms with Crippen molar-refractivity contribution < 1.29 is 18.7 Å². The van der Waals surface area contributed by atoms with Crippen molar-refractivity contribution in [2.75, 3.05) is 17.2 Å². The van der Waals surface area contributed by atoms with Gasteiger partial charge in [-0.25, -0.2) is 9.37 Å². The summed E-state index contributed by atoms with van der Waals surface area (Å²) in [5.41, 5.74) is 1.53. The van der Waals surface area contributed by atoms with Crippen molar-refractivity contribution in [1.29, 1.82) is 0 Å². The number of aromatic nitrogens is 2. The van der Waals surface area contributed by atoms with Crippen LogP contribution in [0.5, 0.6) is 5.75 Å². The number of benzene rings is 2. The van der Waals surface area contributed by atoms with Crippen LogP contribution >= 0.6 is 22.9 Å². The molecular weight excluding hydrogens is 455 g/mol. The highest BCUT2D eigenvalue weighted by atomic mass is 35.5. The highest BCUT2D eigenvalue weighted by Crippen LogP contribution is 2.30. The van der Waals surface area contributed by atoms with E-state index in [-0.39, 0.29) is 18.1 Å². The summed E-state index contributed by atoms with van der Waals surface area (Å²) in [6, 6.07) is 11.2. The Morgan fingerprint density at radius 1 is 1.19 bits per heavy atom. The molecule has 2 aromatic heterocycles. The second-order valence-electron chi connectivity index (χ2n) is 6.70. The number of anilines is 2. The molecule has 2 N–H and O–H groups in total. The molecule has 32 heavy (non-hydrogen) atoms. The Morgan fingerprint density at radius 3 is 2.81 bits per heavy atom. The Hall–Kier alpha value is -3.56. The summed E-state index contributed by atoms with van der Waals surface area (Å²) in [6.07, 6.45) is 1.62. The number of carbonyl (C=O) groups excluding carboxylic acids is 2. The summed E-state index contributed by atoms with van der Waals surface area (Å²) in [4.78, 5) is 31.9. The van der Waals surface area contributed by atoms with E-state index in [4.69, 9.17) is 16.3 Å². The maximum Gasteiger partial charge on any atom is 0.264 e. The zero-order chi connectivity index (χ0) is 22.7. The molecule has 0 spiro atoms. The molecule has 0 fully saturated rings. The van der Waals surface area contributed by atoms with Gasteiger partial charge in [-0.3, -0.25) is 19.9 Å². The van der Waals surface area contributed by atoms with Gasteiger partial charge < -0.3 is 10.1 Å². The molecule has 0 aliphatic heterocycles. The number of amides is 2. The molecule has 0 saturated heterocycles. The quantitative estimate of drug-likeness (QED) is 0.407. The van der Waals surface area contributed by atoms with E-state index in [2.05, 4.69) is 20.6 Å². The van der Waals surface area contributed by atoms with Crippen LogP contribution in [0, 0.1) is 5.82 Å². The molecule has 0 atom stereocenters. The van der Waals surface area contributed by atoms with Crippen molar-refractivity contribution >= 4 is 56.5 Å². The van der Waals surface area contributed by atoms with Gasteiger partial charge in [0.05, 0.1) is 10.7 Å². The van der Waals surface area contributed by atoms with Crippen molar-refractivity contribution in [2.45, 2.75) is 6.92 Å². The maximum absolute atomic E-state index is 14.4. The number of hydrogen-bond acceptors (Lipinski definition) is 6. The fourth-order valence-corrected chi connectivity index (χ4v) is 3.93. The lowest BCUT2D eigenvalue weighted by molar-refractivity contribution is -0.118. The molecule has 162 valence electrons. The number of halogens is 2. The molecule has 0 unspecified atom stereocenters. The Labute approximate surface area is 191 Å². The number of rotatable bonds is 6. The number of hydrogen-bond donors (Lipinski definition) is 2. The third kappa shape index (κ3) is 4.84. The van der Waals surface area contributed by atoms with Gasteiger partial charge in [0.15, 0.2) is 11.7 Å². The summed E-state index contributed by atoms with van der Waals surface area (Å²) in [5, 5.41) is 8.35. The molecule has 0 saturated carbocycles. The van der Waals surface area contributed by atoms with E-state index < -0.39 is 11.7 Å². The Morgan fingerprint density at radius 2 is 2.03 bits per heavy atom. The average molecular weight is 471 g/mol. The van der Waals surface area contributed by atoms with Crippen molar-refractivity contribution in [1.82, 2.24) is 9.97 Å². The van der Waals surface area contributed by atoms with Crippen LogP contribution < -0.4 is 15.4 Å². The van der Waals surface area contributed by atoms with E-state index in [0.717, 1.165) is 16.7 Å². The van der Waals surface area contributed by atoms with Gasteiger partial charge in [-0.1, -0.05) is 11.6 Å². The molecule has 4 aromatic rings. The van der Waals surface area contributed by atoms with Gasteiger partial charge in [0, 0.05) is 35.1 Å². The monoisotopic (exact) mass is 470 g/mol. The van der Waals surface area contributed by atoms with E-state index in [1.807, 2.05) is 6.07 Å². The van der Waals surface area contributed by atoms with Crippen molar-refractivity contribution in [2.24, 2.45) is 0 Å². The molecule has 2 amide bonds. The minimum absolute atomic E-state index is 0.255. The van der Waals surface area contributed by atoms with Gasteiger partial charge in [0.1, 0.15) is 17.1 Å². The third-order valence-corrected chi connectivity index (χ3v) is 5.44. The number of thiazole rings is 1. The molecule has 2 aromatic carbocycles. The second-order valence-corrected chi connectivity index (χ2v) is 7.96. The molecule has 0 aliphatic rings. The van der Waals surface area contributed by atoms with Crippen molar-refractivity contribution in [3.8, 4) is 17.0 Å². The predicted octanol–water partition coefficient (Wildman–Crippen LogP) is 5.13. The predicted molar refractivity (Wildman–Crippen MR) is 123 cm³/mol. The van der Waals surface area contributed by atoms with Crippen LogP contribution in [0.15, 0.2) is 54.0 Å². The number of nitrogens with one attached hydrogen (secondary N) is 2. The van der Waals surface area contributed by atoms with E-state index >= 15 is 0 Å². The zero-order valence-electron chi connectivity index (χ0n) is 16.7. The van der Waals surface area contributed by atoms with Crippen LogP contribution in [0.1, 0.15) is 6.92 Å². The highest BCUT2D eigenvalue weighted by molar-refractivity contribution is 7.14. The first-order chi connectivity index (χ1) is 15.4. The number of pyridine rings is 1. The SMILES string of the molecule is CC(=O)Nc1ccc(-c2csc(NC(=O)COc3ccc(Cl)c4cccnc34)n2)c(F)c1. The topological polar surface area (TPSA) is 93.2 Å². The van der Waals surface area contributed by atoms with Gasteiger partial charge in [0.25, 0.3) is 5.91 Å². The van der Waals surface area contributed by atoms with Crippen LogP contribution in [0.25, 0.3) is 22.2 Å². The standard InChI is InChI=1S/C22H16ClFN4O3S/c1-12(29)26-13-4-5-15(17(24)9-13)18-11-32-22(27-18)28-20(30)10-31-19-7-6-16(23)14-3-2-8-25-21(14)19/h2-9,11H,10H2,1H3,(H,26,29)(H,27,28,30). The maximum atomic E-state index is 14.4. The summed E-state index contributed by atoms with van der Waals surface area (Å²) in [5.74, 6) is -0.821. The highest BCUT2D eigenvalue weighted by Gasteiger charge is 2.14. The summed E-state index contributed by atoms with van der Waals surface area (Å²) < 4.78 is 20.0. The number of carbonyl (C=O) groups is 2. The van der Waals surface area contributed by atoms with Gasteiger partial charge in [-0.15, -0.1) is 11.3 Å².